The Hall–Kier alpha value is -2.65. The second-order valence-corrected chi connectivity index (χ2v) is 6.92. The first-order chi connectivity index (χ1) is 11.0. The Labute approximate surface area is 135 Å². The SMILES string of the molecule is N#Cc1ccccc1COC(=O)CCS(=O)(=O)c1ccccc1. The first-order valence-electron chi connectivity index (χ1n) is 6.94. The minimum atomic E-state index is -3.50. The number of benzene rings is 2. The molecule has 0 aliphatic heterocycles. The van der Waals surface area contributed by atoms with E-state index in [1.807, 2.05) is 6.07 Å². The topological polar surface area (TPSA) is 84.2 Å². The molecule has 0 heterocycles. The molecule has 23 heavy (non-hydrogen) atoms. The third kappa shape index (κ3) is 4.66. The maximum atomic E-state index is 12.1. The maximum Gasteiger partial charge on any atom is 0.307 e. The lowest BCUT2D eigenvalue weighted by atomic mass is 10.1. The van der Waals surface area contributed by atoms with Crippen molar-refractivity contribution in [2.24, 2.45) is 0 Å². The van der Waals surface area contributed by atoms with E-state index < -0.39 is 15.8 Å². The van der Waals surface area contributed by atoms with Crippen molar-refractivity contribution in [2.45, 2.75) is 17.9 Å². The van der Waals surface area contributed by atoms with Gasteiger partial charge in [-0.15, -0.1) is 0 Å². The highest BCUT2D eigenvalue weighted by atomic mass is 32.2. The molecule has 0 atom stereocenters. The summed E-state index contributed by atoms with van der Waals surface area (Å²) in [4.78, 5) is 11.9. The van der Waals surface area contributed by atoms with Crippen LogP contribution in [0.2, 0.25) is 0 Å². The molecular weight excluding hydrogens is 314 g/mol. The van der Waals surface area contributed by atoms with Gasteiger partial charge in [0.15, 0.2) is 9.84 Å². The molecule has 0 spiro atoms. The second kappa shape index (κ2) is 7.56. The van der Waals surface area contributed by atoms with Crippen molar-refractivity contribution in [1.29, 1.82) is 5.26 Å². The maximum absolute atomic E-state index is 12.1. The molecule has 2 rings (SSSR count). The third-order valence-electron chi connectivity index (χ3n) is 3.20. The third-order valence-corrected chi connectivity index (χ3v) is 4.94. The number of nitrogens with zero attached hydrogens (tertiary/aromatic N) is 1. The van der Waals surface area contributed by atoms with Gasteiger partial charge < -0.3 is 4.74 Å². The monoisotopic (exact) mass is 329 g/mol. The number of hydrogen-bond acceptors (Lipinski definition) is 5. The summed E-state index contributed by atoms with van der Waals surface area (Å²) >= 11 is 0. The van der Waals surface area contributed by atoms with Crippen LogP contribution in [0.1, 0.15) is 17.5 Å². The summed E-state index contributed by atoms with van der Waals surface area (Å²) in [6, 6.07) is 16.7. The fourth-order valence-electron chi connectivity index (χ4n) is 1.95. The molecule has 2 aromatic rings. The van der Waals surface area contributed by atoms with Gasteiger partial charge >= 0.3 is 5.97 Å². The van der Waals surface area contributed by atoms with Crippen LogP contribution >= 0.6 is 0 Å². The molecule has 0 saturated heterocycles. The number of rotatable bonds is 6. The molecule has 2 aromatic carbocycles. The summed E-state index contributed by atoms with van der Waals surface area (Å²) < 4.78 is 29.2. The van der Waals surface area contributed by atoms with Crippen molar-refractivity contribution >= 4 is 15.8 Å². The number of carbonyl (C=O) groups is 1. The second-order valence-electron chi connectivity index (χ2n) is 4.81. The largest absolute Gasteiger partial charge is 0.461 e. The number of hydrogen-bond donors (Lipinski definition) is 0. The van der Waals surface area contributed by atoms with E-state index in [1.165, 1.54) is 12.1 Å². The molecule has 0 amide bonds. The smallest absolute Gasteiger partial charge is 0.307 e. The zero-order valence-corrected chi connectivity index (χ0v) is 13.1. The van der Waals surface area contributed by atoms with Crippen LogP contribution in [0.3, 0.4) is 0 Å². The summed E-state index contributed by atoms with van der Waals surface area (Å²) in [5.74, 6) is -0.923. The van der Waals surface area contributed by atoms with Crippen LogP contribution in [-0.2, 0) is 26.0 Å². The summed E-state index contributed by atoms with van der Waals surface area (Å²) in [7, 11) is -3.50. The van der Waals surface area contributed by atoms with E-state index in [9.17, 15) is 13.2 Å². The van der Waals surface area contributed by atoms with Crippen LogP contribution in [0.15, 0.2) is 59.5 Å². The lowest BCUT2D eigenvalue weighted by Crippen LogP contribution is -2.13. The molecule has 118 valence electrons. The molecule has 0 saturated carbocycles. The molecular formula is C17H15NO4S. The average molecular weight is 329 g/mol. The Balaban J connectivity index is 1.90. The number of ether oxygens (including phenoxy) is 1. The first kappa shape index (κ1) is 16.7. The zero-order valence-electron chi connectivity index (χ0n) is 12.3. The average Bonchev–Trinajstić information content (AvgIpc) is 2.59. The normalized spacial score (nSPS) is 10.7. The Kier molecular flexibility index (Phi) is 5.50. The Morgan fingerprint density at radius 3 is 2.39 bits per heavy atom. The van der Waals surface area contributed by atoms with Gasteiger partial charge in [0.25, 0.3) is 0 Å². The van der Waals surface area contributed by atoms with Crippen LogP contribution in [0.5, 0.6) is 0 Å². The van der Waals surface area contributed by atoms with Gasteiger partial charge in [0.1, 0.15) is 6.61 Å². The van der Waals surface area contributed by atoms with Crippen LogP contribution in [0.25, 0.3) is 0 Å². The molecule has 0 unspecified atom stereocenters. The molecule has 0 bridgehead atoms. The highest BCUT2D eigenvalue weighted by Crippen LogP contribution is 2.12. The number of carbonyl (C=O) groups excluding carboxylic acids is 1. The molecule has 0 aromatic heterocycles. The summed E-state index contributed by atoms with van der Waals surface area (Å²) in [5, 5.41) is 8.95. The van der Waals surface area contributed by atoms with Gasteiger partial charge in [-0.2, -0.15) is 5.26 Å². The summed E-state index contributed by atoms with van der Waals surface area (Å²) in [6.07, 6.45) is -0.230. The fourth-order valence-corrected chi connectivity index (χ4v) is 3.19. The van der Waals surface area contributed by atoms with Gasteiger partial charge in [-0.3, -0.25) is 4.79 Å². The van der Waals surface area contributed by atoms with Gasteiger partial charge in [0, 0.05) is 5.56 Å². The summed E-state index contributed by atoms with van der Waals surface area (Å²) in [6.45, 7) is -0.0477. The first-order valence-corrected chi connectivity index (χ1v) is 8.59. The van der Waals surface area contributed by atoms with E-state index in [4.69, 9.17) is 10.00 Å². The van der Waals surface area contributed by atoms with Crippen molar-refractivity contribution in [2.75, 3.05) is 5.75 Å². The van der Waals surface area contributed by atoms with Crippen molar-refractivity contribution in [3.8, 4) is 6.07 Å². The zero-order chi connectivity index (χ0) is 16.7. The van der Waals surface area contributed by atoms with E-state index in [0.29, 0.717) is 11.1 Å². The van der Waals surface area contributed by atoms with Crippen LogP contribution in [0.4, 0.5) is 0 Å². The van der Waals surface area contributed by atoms with E-state index >= 15 is 0 Å². The predicted molar refractivity (Wildman–Crippen MR) is 84.1 cm³/mol. The summed E-state index contributed by atoms with van der Waals surface area (Å²) in [5.41, 5.74) is 1.02. The van der Waals surface area contributed by atoms with Crippen molar-refractivity contribution in [3.05, 3.63) is 65.7 Å². The Morgan fingerprint density at radius 1 is 1.04 bits per heavy atom. The van der Waals surface area contributed by atoms with Crippen LogP contribution < -0.4 is 0 Å². The van der Waals surface area contributed by atoms with E-state index in [0.717, 1.165) is 0 Å². The lowest BCUT2D eigenvalue weighted by molar-refractivity contribution is -0.144. The van der Waals surface area contributed by atoms with E-state index in [2.05, 4.69) is 0 Å². The highest BCUT2D eigenvalue weighted by molar-refractivity contribution is 7.91. The highest BCUT2D eigenvalue weighted by Gasteiger charge is 2.17. The van der Waals surface area contributed by atoms with Gasteiger partial charge in [-0.1, -0.05) is 36.4 Å². The van der Waals surface area contributed by atoms with Crippen LogP contribution in [0, 0.1) is 11.3 Å². The number of esters is 1. The Bertz CT molecular complexity index is 823. The number of sulfone groups is 1. The van der Waals surface area contributed by atoms with Crippen molar-refractivity contribution in [1.82, 2.24) is 0 Å². The van der Waals surface area contributed by atoms with Gasteiger partial charge in [0.2, 0.25) is 0 Å². The Morgan fingerprint density at radius 2 is 1.70 bits per heavy atom. The predicted octanol–water partition coefficient (Wildman–Crippen LogP) is 2.47. The minimum absolute atomic E-state index is 0.0477. The van der Waals surface area contributed by atoms with Gasteiger partial charge in [-0.05, 0) is 18.2 Å². The molecule has 0 radical (unpaired) electrons. The van der Waals surface area contributed by atoms with Gasteiger partial charge in [-0.25, -0.2) is 8.42 Å². The van der Waals surface area contributed by atoms with Crippen molar-refractivity contribution < 1.29 is 17.9 Å². The number of nitriles is 1. The van der Waals surface area contributed by atoms with E-state index in [-0.39, 0.29) is 23.7 Å². The quantitative estimate of drug-likeness (QED) is 0.760. The van der Waals surface area contributed by atoms with E-state index in [1.54, 1.807) is 42.5 Å². The molecule has 6 heteroatoms. The molecule has 0 fully saturated rings. The standard InChI is InChI=1S/C17H15NO4S/c18-12-14-6-4-5-7-15(14)13-22-17(19)10-11-23(20,21)16-8-2-1-3-9-16/h1-9H,10-11,13H2. The fraction of sp³-hybridized carbons (Fsp3) is 0.176. The van der Waals surface area contributed by atoms with Crippen LogP contribution in [-0.4, -0.2) is 20.1 Å². The lowest BCUT2D eigenvalue weighted by Gasteiger charge is -2.07. The minimum Gasteiger partial charge on any atom is -0.461 e. The molecule has 0 N–H and O–H groups in total. The molecule has 0 aliphatic carbocycles. The molecule has 5 nitrogen and oxygen atoms in total. The van der Waals surface area contributed by atoms with Crippen molar-refractivity contribution in [3.63, 3.8) is 0 Å². The molecule has 0 aliphatic rings. The van der Waals surface area contributed by atoms with Gasteiger partial charge in [0.05, 0.1) is 28.7 Å².